The summed E-state index contributed by atoms with van der Waals surface area (Å²) in [5, 5.41) is 3.42. The summed E-state index contributed by atoms with van der Waals surface area (Å²) in [5.41, 5.74) is 2.21. The van der Waals surface area contributed by atoms with Gasteiger partial charge in [-0.15, -0.1) is 23.1 Å². The molecule has 0 saturated carbocycles. The van der Waals surface area contributed by atoms with Gasteiger partial charge in [-0.2, -0.15) is 0 Å². The number of carbonyl (C=O) groups excluding carboxylic acids is 1. The molecule has 6 heteroatoms. The number of hydrogen-bond donors (Lipinski definition) is 1. The van der Waals surface area contributed by atoms with Gasteiger partial charge in [-0.1, -0.05) is 29.8 Å². The van der Waals surface area contributed by atoms with E-state index in [2.05, 4.69) is 10.3 Å². The van der Waals surface area contributed by atoms with E-state index in [1.807, 2.05) is 31.2 Å². The summed E-state index contributed by atoms with van der Waals surface area (Å²) >= 11 is 2.93. The molecule has 1 aromatic heterocycles. The molecule has 25 heavy (non-hydrogen) atoms. The van der Waals surface area contributed by atoms with E-state index in [9.17, 15) is 9.18 Å². The predicted octanol–water partition coefficient (Wildman–Crippen LogP) is 4.91. The summed E-state index contributed by atoms with van der Waals surface area (Å²) < 4.78 is 12.9. The van der Waals surface area contributed by atoms with Crippen LogP contribution in [0, 0.1) is 12.7 Å². The van der Waals surface area contributed by atoms with Gasteiger partial charge >= 0.3 is 0 Å². The number of carbonyl (C=O) groups is 1. The molecule has 0 atom stereocenters. The highest BCUT2D eigenvalue weighted by molar-refractivity contribution is 8.00. The van der Waals surface area contributed by atoms with Gasteiger partial charge in [-0.3, -0.25) is 4.79 Å². The first-order valence-electron chi connectivity index (χ1n) is 7.77. The van der Waals surface area contributed by atoms with Gasteiger partial charge in [0.05, 0.1) is 5.75 Å². The second-order valence-electron chi connectivity index (χ2n) is 5.58. The smallest absolute Gasteiger partial charge is 0.236 e. The number of thiazole rings is 1. The highest BCUT2D eigenvalue weighted by Gasteiger charge is 2.08. The standard InChI is InChI=1S/C19H17FN2OS2/c1-13-2-8-16(9-3-13)24-12-18(23)22-19-21-11-17(25-19)10-14-4-6-15(20)7-5-14/h2-9,11H,10,12H2,1H3,(H,21,22,23). The third-order valence-corrected chi connectivity index (χ3v) is 5.41. The molecule has 0 aliphatic carbocycles. The van der Waals surface area contributed by atoms with E-state index in [1.165, 1.54) is 40.8 Å². The molecule has 1 amide bonds. The van der Waals surface area contributed by atoms with Crippen LogP contribution in [0.25, 0.3) is 0 Å². The Morgan fingerprint density at radius 1 is 1.16 bits per heavy atom. The quantitative estimate of drug-likeness (QED) is 0.625. The van der Waals surface area contributed by atoms with E-state index in [-0.39, 0.29) is 11.7 Å². The second-order valence-corrected chi connectivity index (χ2v) is 7.75. The highest BCUT2D eigenvalue weighted by Crippen LogP contribution is 2.23. The third-order valence-electron chi connectivity index (χ3n) is 3.48. The van der Waals surface area contributed by atoms with Crippen LogP contribution in [0.5, 0.6) is 0 Å². The van der Waals surface area contributed by atoms with E-state index in [1.54, 1.807) is 18.3 Å². The topological polar surface area (TPSA) is 42.0 Å². The van der Waals surface area contributed by atoms with E-state index in [0.717, 1.165) is 15.3 Å². The van der Waals surface area contributed by atoms with Gasteiger partial charge in [-0.05, 0) is 36.8 Å². The summed E-state index contributed by atoms with van der Waals surface area (Å²) in [4.78, 5) is 18.4. The van der Waals surface area contributed by atoms with Crippen LogP contribution in [-0.4, -0.2) is 16.6 Å². The Balaban J connectivity index is 1.51. The fourth-order valence-corrected chi connectivity index (χ4v) is 3.75. The molecule has 3 rings (SSSR count). The molecule has 0 bridgehead atoms. The van der Waals surface area contributed by atoms with Crippen molar-refractivity contribution in [3.05, 3.63) is 76.5 Å². The maximum Gasteiger partial charge on any atom is 0.236 e. The van der Waals surface area contributed by atoms with Crippen LogP contribution in [0.15, 0.2) is 59.6 Å². The molecule has 0 saturated heterocycles. The zero-order valence-electron chi connectivity index (χ0n) is 13.7. The summed E-state index contributed by atoms with van der Waals surface area (Å²) in [6.45, 7) is 2.03. The number of aromatic nitrogens is 1. The van der Waals surface area contributed by atoms with Crippen molar-refractivity contribution < 1.29 is 9.18 Å². The van der Waals surface area contributed by atoms with E-state index in [4.69, 9.17) is 0 Å². The monoisotopic (exact) mass is 372 g/mol. The van der Waals surface area contributed by atoms with Crippen LogP contribution in [0.1, 0.15) is 16.0 Å². The number of nitrogens with one attached hydrogen (secondary N) is 1. The van der Waals surface area contributed by atoms with Crippen LogP contribution >= 0.6 is 23.1 Å². The van der Waals surface area contributed by atoms with Crippen LogP contribution in [0.2, 0.25) is 0 Å². The van der Waals surface area contributed by atoms with E-state index < -0.39 is 0 Å². The number of nitrogens with zero attached hydrogens (tertiary/aromatic N) is 1. The molecule has 0 fully saturated rings. The van der Waals surface area contributed by atoms with Crippen molar-refractivity contribution in [3.63, 3.8) is 0 Å². The number of amides is 1. The number of benzene rings is 2. The summed E-state index contributed by atoms with van der Waals surface area (Å²) in [6, 6.07) is 14.5. The van der Waals surface area contributed by atoms with E-state index in [0.29, 0.717) is 17.3 Å². The Kier molecular flexibility index (Phi) is 5.83. The van der Waals surface area contributed by atoms with Crippen LogP contribution in [-0.2, 0) is 11.2 Å². The molecule has 0 aliphatic rings. The molecular weight excluding hydrogens is 355 g/mol. The predicted molar refractivity (Wildman–Crippen MR) is 102 cm³/mol. The van der Waals surface area contributed by atoms with Crippen molar-refractivity contribution in [2.24, 2.45) is 0 Å². The van der Waals surface area contributed by atoms with Crippen LogP contribution in [0.3, 0.4) is 0 Å². The number of rotatable bonds is 6. The minimum Gasteiger partial charge on any atom is -0.301 e. The first kappa shape index (κ1) is 17.6. The molecule has 1 heterocycles. The van der Waals surface area contributed by atoms with Crippen molar-refractivity contribution in [2.45, 2.75) is 18.2 Å². The van der Waals surface area contributed by atoms with Crippen molar-refractivity contribution in [1.82, 2.24) is 4.98 Å². The van der Waals surface area contributed by atoms with Gasteiger partial charge in [0.1, 0.15) is 5.82 Å². The maximum absolute atomic E-state index is 12.9. The molecule has 0 spiro atoms. The van der Waals surface area contributed by atoms with Crippen LogP contribution < -0.4 is 5.32 Å². The number of halogens is 1. The van der Waals surface area contributed by atoms with Gasteiger partial charge in [0.15, 0.2) is 5.13 Å². The van der Waals surface area contributed by atoms with Crippen molar-refractivity contribution in [1.29, 1.82) is 0 Å². The normalized spacial score (nSPS) is 10.6. The SMILES string of the molecule is Cc1ccc(SCC(=O)Nc2ncc(Cc3ccc(F)cc3)s2)cc1. The number of anilines is 1. The first-order chi connectivity index (χ1) is 12.1. The lowest BCUT2D eigenvalue weighted by molar-refractivity contribution is -0.113. The maximum atomic E-state index is 12.9. The highest BCUT2D eigenvalue weighted by atomic mass is 32.2. The fourth-order valence-electron chi connectivity index (χ4n) is 2.19. The van der Waals surface area contributed by atoms with Gasteiger partial charge in [-0.25, -0.2) is 9.37 Å². The van der Waals surface area contributed by atoms with Crippen molar-refractivity contribution in [3.8, 4) is 0 Å². The zero-order valence-corrected chi connectivity index (χ0v) is 15.3. The Labute approximate surface area is 154 Å². The minimum atomic E-state index is -0.243. The van der Waals surface area contributed by atoms with Gasteiger partial charge in [0.25, 0.3) is 0 Å². The zero-order chi connectivity index (χ0) is 17.6. The van der Waals surface area contributed by atoms with Crippen molar-refractivity contribution >= 4 is 34.1 Å². The lowest BCUT2D eigenvalue weighted by Gasteiger charge is -2.02. The average molecular weight is 372 g/mol. The van der Waals surface area contributed by atoms with Gasteiger partial charge in [0, 0.05) is 22.4 Å². The summed E-state index contributed by atoms with van der Waals surface area (Å²) in [7, 11) is 0. The molecule has 0 unspecified atom stereocenters. The Morgan fingerprint density at radius 3 is 2.60 bits per heavy atom. The summed E-state index contributed by atoms with van der Waals surface area (Å²) in [6.07, 6.45) is 2.42. The Morgan fingerprint density at radius 2 is 1.88 bits per heavy atom. The number of aryl methyl sites for hydroxylation is 1. The lowest BCUT2D eigenvalue weighted by atomic mass is 10.1. The molecule has 3 nitrogen and oxygen atoms in total. The minimum absolute atomic E-state index is 0.0757. The van der Waals surface area contributed by atoms with E-state index >= 15 is 0 Å². The average Bonchev–Trinajstić information content (AvgIpc) is 3.03. The fraction of sp³-hybridized carbons (Fsp3) is 0.158. The van der Waals surface area contributed by atoms with Crippen LogP contribution in [0.4, 0.5) is 9.52 Å². The molecule has 2 aromatic carbocycles. The molecule has 1 N–H and O–H groups in total. The van der Waals surface area contributed by atoms with Gasteiger partial charge < -0.3 is 5.32 Å². The summed E-state index contributed by atoms with van der Waals surface area (Å²) in [5.74, 6) is 0.0241. The lowest BCUT2D eigenvalue weighted by Crippen LogP contribution is -2.13. The molecule has 3 aromatic rings. The third kappa shape index (κ3) is 5.41. The number of hydrogen-bond acceptors (Lipinski definition) is 4. The number of thioether (sulfide) groups is 1. The molecular formula is C19H17FN2OS2. The second kappa shape index (κ2) is 8.27. The van der Waals surface area contributed by atoms with Crippen molar-refractivity contribution in [2.75, 3.05) is 11.1 Å². The molecule has 0 radical (unpaired) electrons. The molecule has 128 valence electrons. The first-order valence-corrected chi connectivity index (χ1v) is 9.57. The van der Waals surface area contributed by atoms with Gasteiger partial charge in [0.2, 0.25) is 5.91 Å². The Hall–Kier alpha value is -2.18. The Bertz CT molecular complexity index is 845. The largest absolute Gasteiger partial charge is 0.301 e. The molecule has 0 aliphatic heterocycles.